The number of ether oxygens (including phenoxy) is 3. The summed E-state index contributed by atoms with van der Waals surface area (Å²) in [5, 5.41) is 0. The number of carbonyl (C=O) groups excluding carboxylic acids is 1. The maximum Gasteiger partial charge on any atom is 0.340 e. The Bertz CT molecular complexity index is 424. The molecule has 1 saturated heterocycles. The molecule has 0 spiro atoms. The molecule has 1 aliphatic rings. The van der Waals surface area contributed by atoms with E-state index < -0.39 is 6.29 Å². The van der Waals surface area contributed by atoms with Crippen molar-refractivity contribution >= 4 is 5.97 Å². The van der Waals surface area contributed by atoms with Gasteiger partial charge in [0.2, 0.25) is 6.29 Å². The van der Waals surface area contributed by atoms with Crippen LogP contribution in [0.5, 0.6) is 0 Å². The normalized spacial score (nSPS) is 20.1. The summed E-state index contributed by atoms with van der Waals surface area (Å²) in [6, 6.07) is 7.48. The molecule has 104 valence electrons. The number of rotatable bonds is 2. The molecule has 19 heavy (non-hydrogen) atoms. The fourth-order valence-electron chi connectivity index (χ4n) is 1.83. The van der Waals surface area contributed by atoms with Gasteiger partial charge in [0.15, 0.2) is 0 Å². The van der Waals surface area contributed by atoms with Crippen molar-refractivity contribution in [3.63, 3.8) is 0 Å². The van der Waals surface area contributed by atoms with Crippen LogP contribution in [0.4, 0.5) is 0 Å². The Kier molecular flexibility index (Phi) is 4.22. The third-order valence-electron chi connectivity index (χ3n) is 3.01. The number of hydrogen-bond acceptors (Lipinski definition) is 4. The highest BCUT2D eigenvalue weighted by molar-refractivity contribution is 5.89. The summed E-state index contributed by atoms with van der Waals surface area (Å²) >= 11 is 0. The van der Waals surface area contributed by atoms with Crippen LogP contribution in [0.2, 0.25) is 0 Å². The molecule has 0 bridgehead atoms. The average molecular weight is 264 g/mol. The fraction of sp³-hybridized carbons (Fsp3) is 0.533. The molecule has 0 N–H and O–H groups in total. The minimum Gasteiger partial charge on any atom is -0.430 e. The van der Waals surface area contributed by atoms with Gasteiger partial charge in [-0.25, -0.2) is 4.79 Å². The van der Waals surface area contributed by atoms with Gasteiger partial charge in [0.1, 0.15) is 6.61 Å². The second-order valence-corrected chi connectivity index (χ2v) is 5.61. The Morgan fingerprint density at radius 1 is 1.21 bits per heavy atom. The predicted octanol–water partition coefficient (Wildman–Crippen LogP) is 2.51. The maximum absolute atomic E-state index is 11.9. The van der Waals surface area contributed by atoms with Crippen LogP contribution in [-0.2, 0) is 19.6 Å². The molecule has 0 radical (unpaired) electrons. The van der Waals surface area contributed by atoms with Gasteiger partial charge in [-0.2, -0.15) is 0 Å². The van der Waals surface area contributed by atoms with Gasteiger partial charge in [0, 0.05) is 0 Å². The molecular formula is C15H20O4. The van der Waals surface area contributed by atoms with E-state index in [9.17, 15) is 4.79 Å². The van der Waals surface area contributed by atoms with Crippen molar-refractivity contribution in [3.8, 4) is 0 Å². The maximum atomic E-state index is 11.9. The zero-order valence-corrected chi connectivity index (χ0v) is 11.6. The standard InChI is InChI=1S/C15H20O4/c1-15(2,3)12-6-4-11(5-7-12)14(16)19-13-10-17-8-9-18-13/h4-7,13H,8-10H2,1-3H3. The van der Waals surface area contributed by atoms with Crippen molar-refractivity contribution in [1.82, 2.24) is 0 Å². The van der Waals surface area contributed by atoms with Crippen molar-refractivity contribution < 1.29 is 19.0 Å². The van der Waals surface area contributed by atoms with E-state index in [2.05, 4.69) is 20.8 Å². The summed E-state index contributed by atoms with van der Waals surface area (Å²) in [7, 11) is 0. The van der Waals surface area contributed by atoms with E-state index in [1.54, 1.807) is 12.1 Å². The van der Waals surface area contributed by atoms with Crippen molar-refractivity contribution in [2.75, 3.05) is 19.8 Å². The van der Waals surface area contributed by atoms with Gasteiger partial charge in [-0.05, 0) is 23.1 Å². The zero-order chi connectivity index (χ0) is 13.9. The van der Waals surface area contributed by atoms with E-state index in [1.807, 2.05) is 12.1 Å². The smallest absolute Gasteiger partial charge is 0.340 e. The van der Waals surface area contributed by atoms with E-state index in [4.69, 9.17) is 14.2 Å². The Balaban J connectivity index is 1.99. The number of esters is 1. The van der Waals surface area contributed by atoms with E-state index >= 15 is 0 Å². The molecule has 4 heteroatoms. The highest BCUT2D eigenvalue weighted by Crippen LogP contribution is 2.22. The van der Waals surface area contributed by atoms with Gasteiger partial charge >= 0.3 is 5.97 Å². The van der Waals surface area contributed by atoms with E-state index in [0.29, 0.717) is 25.4 Å². The molecular weight excluding hydrogens is 244 g/mol. The third-order valence-corrected chi connectivity index (χ3v) is 3.01. The molecule has 4 nitrogen and oxygen atoms in total. The lowest BCUT2D eigenvalue weighted by Gasteiger charge is -2.23. The number of carbonyl (C=O) groups is 1. The van der Waals surface area contributed by atoms with E-state index in [0.717, 1.165) is 0 Å². The quantitative estimate of drug-likeness (QED) is 0.770. The number of hydrogen-bond donors (Lipinski definition) is 0. The molecule has 0 saturated carbocycles. The van der Waals surface area contributed by atoms with E-state index in [1.165, 1.54) is 5.56 Å². The van der Waals surface area contributed by atoms with Crippen LogP contribution in [0.25, 0.3) is 0 Å². The van der Waals surface area contributed by atoms with Gasteiger partial charge in [-0.1, -0.05) is 32.9 Å². The van der Waals surface area contributed by atoms with Crippen LogP contribution in [0.1, 0.15) is 36.7 Å². The van der Waals surface area contributed by atoms with Crippen molar-refractivity contribution in [2.45, 2.75) is 32.5 Å². The third kappa shape index (κ3) is 3.78. The van der Waals surface area contributed by atoms with Crippen LogP contribution in [-0.4, -0.2) is 32.1 Å². The molecule has 1 atom stereocenters. The molecule has 0 aromatic heterocycles. The van der Waals surface area contributed by atoms with Crippen molar-refractivity contribution in [3.05, 3.63) is 35.4 Å². The highest BCUT2D eigenvalue weighted by atomic mass is 16.7. The summed E-state index contributed by atoms with van der Waals surface area (Å²) in [6.07, 6.45) is -0.594. The van der Waals surface area contributed by atoms with Crippen molar-refractivity contribution in [2.24, 2.45) is 0 Å². The molecule has 1 aromatic carbocycles. The molecule has 1 unspecified atom stereocenters. The second kappa shape index (κ2) is 5.72. The first-order chi connectivity index (χ1) is 8.97. The molecule has 1 aromatic rings. The molecule has 0 aliphatic carbocycles. The minimum absolute atomic E-state index is 0.0722. The monoisotopic (exact) mass is 264 g/mol. The van der Waals surface area contributed by atoms with Gasteiger partial charge in [0.25, 0.3) is 0 Å². The van der Waals surface area contributed by atoms with Gasteiger partial charge in [0.05, 0.1) is 18.8 Å². The average Bonchev–Trinajstić information content (AvgIpc) is 2.39. The van der Waals surface area contributed by atoms with Gasteiger partial charge < -0.3 is 14.2 Å². The lowest BCUT2D eigenvalue weighted by molar-refractivity contribution is -0.186. The zero-order valence-electron chi connectivity index (χ0n) is 11.6. The SMILES string of the molecule is CC(C)(C)c1ccc(C(=O)OC2COCCO2)cc1. The Labute approximate surface area is 113 Å². The highest BCUT2D eigenvalue weighted by Gasteiger charge is 2.20. The summed E-state index contributed by atoms with van der Waals surface area (Å²) in [6.45, 7) is 7.70. The summed E-state index contributed by atoms with van der Waals surface area (Å²) in [4.78, 5) is 11.9. The number of benzene rings is 1. The van der Waals surface area contributed by atoms with Crippen molar-refractivity contribution in [1.29, 1.82) is 0 Å². The van der Waals surface area contributed by atoms with Gasteiger partial charge in [-0.15, -0.1) is 0 Å². The Hall–Kier alpha value is -1.39. The van der Waals surface area contributed by atoms with Crippen LogP contribution >= 0.6 is 0 Å². The fourth-order valence-corrected chi connectivity index (χ4v) is 1.83. The van der Waals surface area contributed by atoms with E-state index in [-0.39, 0.29) is 11.4 Å². The molecule has 1 fully saturated rings. The summed E-state index contributed by atoms with van der Waals surface area (Å²) < 4.78 is 15.7. The van der Waals surface area contributed by atoms with Crippen LogP contribution in [0, 0.1) is 0 Å². The predicted molar refractivity (Wildman–Crippen MR) is 71.1 cm³/mol. The van der Waals surface area contributed by atoms with Gasteiger partial charge in [-0.3, -0.25) is 0 Å². The topological polar surface area (TPSA) is 44.8 Å². The molecule has 2 rings (SSSR count). The summed E-state index contributed by atoms with van der Waals surface area (Å²) in [5.74, 6) is -0.379. The lowest BCUT2D eigenvalue weighted by Crippen LogP contribution is -2.32. The molecule has 1 heterocycles. The first-order valence-electron chi connectivity index (χ1n) is 6.48. The van der Waals surface area contributed by atoms with Crippen LogP contribution in [0.15, 0.2) is 24.3 Å². The lowest BCUT2D eigenvalue weighted by atomic mass is 9.87. The van der Waals surface area contributed by atoms with Crippen LogP contribution in [0.3, 0.4) is 0 Å². The Morgan fingerprint density at radius 2 is 1.89 bits per heavy atom. The molecule has 1 aliphatic heterocycles. The largest absolute Gasteiger partial charge is 0.430 e. The van der Waals surface area contributed by atoms with Crippen LogP contribution < -0.4 is 0 Å². The molecule has 0 amide bonds. The first kappa shape index (κ1) is 14.0. The Morgan fingerprint density at radius 3 is 2.42 bits per heavy atom. The minimum atomic E-state index is -0.594. The second-order valence-electron chi connectivity index (χ2n) is 5.61. The summed E-state index contributed by atoms with van der Waals surface area (Å²) in [5.41, 5.74) is 1.78. The first-order valence-corrected chi connectivity index (χ1v) is 6.48.